The van der Waals surface area contributed by atoms with Gasteiger partial charge in [0, 0.05) is 18.2 Å². The molecule has 30 heavy (non-hydrogen) atoms. The molecule has 8 heteroatoms. The number of aryl methyl sites for hydroxylation is 1. The molecule has 0 radical (unpaired) electrons. The van der Waals surface area contributed by atoms with Crippen LogP contribution < -0.4 is 5.32 Å². The Morgan fingerprint density at radius 1 is 0.933 bits per heavy atom. The number of carbonyl (C=O) groups is 1. The fourth-order valence-electron chi connectivity index (χ4n) is 3.00. The summed E-state index contributed by atoms with van der Waals surface area (Å²) in [6, 6.07) is 16.5. The van der Waals surface area contributed by atoms with Crippen LogP contribution in [-0.4, -0.2) is 25.7 Å². The van der Waals surface area contributed by atoms with Crippen LogP contribution in [0.1, 0.15) is 16.2 Å². The molecule has 0 spiro atoms. The van der Waals surface area contributed by atoms with Crippen molar-refractivity contribution in [2.75, 3.05) is 0 Å². The van der Waals surface area contributed by atoms with Gasteiger partial charge in [-0.2, -0.15) is 5.10 Å². The van der Waals surface area contributed by atoms with E-state index in [1.807, 2.05) is 36.4 Å². The highest BCUT2D eigenvalue weighted by Crippen LogP contribution is 2.21. The van der Waals surface area contributed by atoms with Crippen molar-refractivity contribution in [3.05, 3.63) is 90.0 Å². The first-order chi connectivity index (χ1) is 14.5. The van der Waals surface area contributed by atoms with Crippen LogP contribution in [0.3, 0.4) is 0 Å². The topological polar surface area (TPSA) is 72.7 Å². The Labute approximate surface area is 171 Å². The molecule has 0 fully saturated rings. The number of halogens is 2. The monoisotopic (exact) mass is 405 g/mol. The second-order valence-electron chi connectivity index (χ2n) is 6.61. The maximum absolute atomic E-state index is 13.5. The largest absolute Gasteiger partial charge is 0.345 e. The summed E-state index contributed by atoms with van der Waals surface area (Å²) in [5.41, 5.74) is 3.40. The maximum atomic E-state index is 13.5. The average Bonchev–Trinajstić information content (AvgIpc) is 3.16. The van der Waals surface area contributed by atoms with E-state index in [1.165, 1.54) is 23.1 Å². The zero-order valence-electron chi connectivity index (χ0n) is 16.0. The second-order valence-corrected chi connectivity index (χ2v) is 6.61. The highest BCUT2D eigenvalue weighted by Gasteiger charge is 2.15. The standard InChI is InChI=1S/C22H17F2N5O/c1-29-21(11-20(28-29)15-7-8-17(23)18(24)9-15)22(30)25-12-16-10-19(27-13-26-16)14-5-3-2-4-6-14/h2-11,13H,12H2,1H3,(H,25,30). The Morgan fingerprint density at radius 2 is 1.73 bits per heavy atom. The molecule has 0 unspecified atom stereocenters. The van der Waals surface area contributed by atoms with E-state index in [0.29, 0.717) is 17.0 Å². The fraction of sp³-hybridized carbons (Fsp3) is 0.0909. The van der Waals surface area contributed by atoms with Crippen LogP contribution in [-0.2, 0) is 13.6 Å². The third-order valence-corrected chi connectivity index (χ3v) is 4.55. The average molecular weight is 405 g/mol. The molecule has 4 rings (SSSR count). The summed E-state index contributed by atoms with van der Waals surface area (Å²) >= 11 is 0. The van der Waals surface area contributed by atoms with E-state index in [1.54, 1.807) is 7.05 Å². The van der Waals surface area contributed by atoms with E-state index in [9.17, 15) is 13.6 Å². The van der Waals surface area contributed by atoms with Gasteiger partial charge in [-0.1, -0.05) is 30.3 Å². The third-order valence-electron chi connectivity index (χ3n) is 4.55. The van der Waals surface area contributed by atoms with E-state index in [-0.39, 0.29) is 18.1 Å². The summed E-state index contributed by atoms with van der Waals surface area (Å²) in [4.78, 5) is 21.1. The van der Waals surface area contributed by atoms with E-state index < -0.39 is 11.6 Å². The van der Waals surface area contributed by atoms with Crippen LogP contribution in [0.4, 0.5) is 8.78 Å². The van der Waals surface area contributed by atoms with Gasteiger partial charge in [0.1, 0.15) is 12.0 Å². The van der Waals surface area contributed by atoms with Gasteiger partial charge in [-0.25, -0.2) is 18.7 Å². The molecule has 0 aliphatic rings. The van der Waals surface area contributed by atoms with Gasteiger partial charge in [0.2, 0.25) is 0 Å². The maximum Gasteiger partial charge on any atom is 0.269 e. The van der Waals surface area contributed by atoms with Crippen molar-refractivity contribution in [3.63, 3.8) is 0 Å². The van der Waals surface area contributed by atoms with Gasteiger partial charge >= 0.3 is 0 Å². The summed E-state index contributed by atoms with van der Waals surface area (Å²) in [6.07, 6.45) is 1.45. The summed E-state index contributed by atoms with van der Waals surface area (Å²) in [5, 5.41) is 7.02. The number of nitrogens with zero attached hydrogens (tertiary/aromatic N) is 4. The minimum absolute atomic E-state index is 0.201. The molecule has 2 heterocycles. The SMILES string of the molecule is Cn1nc(-c2ccc(F)c(F)c2)cc1C(=O)NCc1cc(-c2ccccc2)ncn1. The molecule has 4 aromatic rings. The van der Waals surface area contributed by atoms with Crippen LogP contribution in [0.2, 0.25) is 0 Å². The van der Waals surface area contributed by atoms with Crippen LogP contribution in [0.15, 0.2) is 67.0 Å². The molecular formula is C22H17F2N5O. The molecule has 0 saturated heterocycles. The van der Waals surface area contributed by atoms with Crippen LogP contribution in [0.25, 0.3) is 22.5 Å². The van der Waals surface area contributed by atoms with E-state index in [2.05, 4.69) is 20.4 Å². The van der Waals surface area contributed by atoms with Crippen molar-refractivity contribution < 1.29 is 13.6 Å². The molecule has 0 atom stereocenters. The molecule has 1 N–H and O–H groups in total. The van der Waals surface area contributed by atoms with Crippen molar-refractivity contribution in [3.8, 4) is 22.5 Å². The highest BCUT2D eigenvalue weighted by atomic mass is 19.2. The lowest BCUT2D eigenvalue weighted by Crippen LogP contribution is -2.25. The first kappa shape index (κ1) is 19.4. The molecule has 0 aliphatic heterocycles. The molecule has 0 aliphatic carbocycles. The number of carbonyl (C=O) groups excluding carboxylic acids is 1. The van der Waals surface area contributed by atoms with Crippen molar-refractivity contribution in [2.24, 2.45) is 7.05 Å². The molecular weight excluding hydrogens is 388 g/mol. The van der Waals surface area contributed by atoms with Gasteiger partial charge < -0.3 is 5.32 Å². The van der Waals surface area contributed by atoms with Gasteiger partial charge in [0.05, 0.1) is 23.6 Å². The number of benzene rings is 2. The summed E-state index contributed by atoms with van der Waals surface area (Å²) in [7, 11) is 1.61. The summed E-state index contributed by atoms with van der Waals surface area (Å²) in [5.74, 6) is -2.27. The van der Waals surface area contributed by atoms with Crippen LogP contribution in [0.5, 0.6) is 0 Å². The molecule has 2 aromatic heterocycles. The predicted octanol–water partition coefficient (Wildman–Crippen LogP) is 3.75. The molecule has 0 saturated carbocycles. The van der Waals surface area contributed by atoms with Gasteiger partial charge in [-0.05, 0) is 30.3 Å². The lowest BCUT2D eigenvalue weighted by Gasteiger charge is -2.06. The van der Waals surface area contributed by atoms with E-state index in [0.717, 1.165) is 23.4 Å². The lowest BCUT2D eigenvalue weighted by atomic mass is 10.1. The summed E-state index contributed by atoms with van der Waals surface area (Å²) < 4.78 is 28.0. The number of amides is 1. The van der Waals surface area contributed by atoms with Crippen molar-refractivity contribution in [2.45, 2.75) is 6.54 Å². The number of nitrogens with one attached hydrogen (secondary N) is 1. The van der Waals surface area contributed by atoms with Gasteiger partial charge in [0.25, 0.3) is 5.91 Å². The lowest BCUT2D eigenvalue weighted by molar-refractivity contribution is 0.0941. The predicted molar refractivity (Wildman–Crippen MR) is 107 cm³/mol. The van der Waals surface area contributed by atoms with Crippen LogP contribution >= 0.6 is 0 Å². The highest BCUT2D eigenvalue weighted by molar-refractivity contribution is 5.93. The van der Waals surface area contributed by atoms with E-state index >= 15 is 0 Å². The summed E-state index contributed by atoms with van der Waals surface area (Å²) in [6.45, 7) is 0.201. The minimum atomic E-state index is -0.970. The Morgan fingerprint density at radius 3 is 2.50 bits per heavy atom. The molecule has 2 aromatic carbocycles. The van der Waals surface area contributed by atoms with Gasteiger partial charge in [-0.3, -0.25) is 9.48 Å². The van der Waals surface area contributed by atoms with E-state index in [4.69, 9.17) is 0 Å². The molecule has 1 amide bonds. The molecule has 0 bridgehead atoms. The molecule has 6 nitrogen and oxygen atoms in total. The first-order valence-corrected chi connectivity index (χ1v) is 9.15. The number of aromatic nitrogens is 4. The quantitative estimate of drug-likeness (QED) is 0.549. The zero-order chi connectivity index (χ0) is 21.1. The van der Waals surface area contributed by atoms with Crippen LogP contribution in [0, 0.1) is 11.6 Å². The number of hydrogen-bond donors (Lipinski definition) is 1. The smallest absolute Gasteiger partial charge is 0.269 e. The Kier molecular flexibility index (Phi) is 5.30. The van der Waals surface area contributed by atoms with Crippen molar-refractivity contribution in [1.82, 2.24) is 25.1 Å². The number of hydrogen-bond acceptors (Lipinski definition) is 4. The van der Waals surface area contributed by atoms with Gasteiger partial charge in [0.15, 0.2) is 11.6 Å². The fourth-order valence-corrected chi connectivity index (χ4v) is 3.00. The zero-order valence-corrected chi connectivity index (χ0v) is 16.0. The second kappa shape index (κ2) is 8.20. The van der Waals surface area contributed by atoms with Crippen molar-refractivity contribution >= 4 is 5.91 Å². The third kappa shape index (κ3) is 4.07. The Balaban J connectivity index is 1.48. The first-order valence-electron chi connectivity index (χ1n) is 9.15. The minimum Gasteiger partial charge on any atom is -0.345 e. The Hall–Kier alpha value is -3.94. The van der Waals surface area contributed by atoms with Crippen molar-refractivity contribution in [1.29, 1.82) is 0 Å². The normalized spacial score (nSPS) is 10.8. The Bertz CT molecular complexity index is 1210. The molecule has 150 valence electrons. The number of rotatable bonds is 5. The van der Waals surface area contributed by atoms with Gasteiger partial charge in [-0.15, -0.1) is 0 Å².